The lowest BCUT2D eigenvalue weighted by molar-refractivity contribution is -0.151. The molecule has 2 aliphatic rings. The van der Waals surface area contributed by atoms with Gasteiger partial charge in [-0.3, -0.25) is 9.59 Å². The van der Waals surface area contributed by atoms with Gasteiger partial charge in [0.2, 0.25) is 5.91 Å². The highest BCUT2D eigenvalue weighted by molar-refractivity contribution is 5.86. The highest BCUT2D eigenvalue weighted by Gasteiger charge is 2.40. The number of aliphatic carboxylic acids is 1. The molecular formula is C28H34N2O5. The summed E-state index contributed by atoms with van der Waals surface area (Å²) >= 11 is 0. The van der Waals surface area contributed by atoms with Gasteiger partial charge in [-0.1, -0.05) is 75.7 Å². The largest absolute Gasteiger partial charge is 0.481 e. The zero-order valence-electron chi connectivity index (χ0n) is 20.6. The van der Waals surface area contributed by atoms with E-state index in [9.17, 15) is 19.5 Å². The zero-order valence-corrected chi connectivity index (χ0v) is 20.6. The summed E-state index contributed by atoms with van der Waals surface area (Å²) < 4.78 is 5.66. The Hall–Kier alpha value is -3.35. The maximum atomic E-state index is 13.1. The number of alkyl carbamates (subject to hydrolysis) is 1. The van der Waals surface area contributed by atoms with Gasteiger partial charge < -0.3 is 20.1 Å². The molecule has 2 aromatic rings. The molecule has 1 aliphatic heterocycles. The molecule has 7 nitrogen and oxygen atoms in total. The minimum Gasteiger partial charge on any atom is -0.481 e. The summed E-state index contributed by atoms with van der Waals surface area (Å²) in [6.45, 7) is 6.75. The van der Waals surface area contributed by atoms with Crippen molar-refractivity contribution in [2.75, 3.05) is 19.7 Å². The molecule has 2 aromatic carbocycles. The van der Waals surface area contributed by atoms with E-state index in [1.54, 1.807) is 11.8 Å². The van der Waals surface area contributed by atoms with E-state index in [0.29, 0.717) is 19.5 Å². The first-order chi connectivity index (χ1) is 16.8. The Morgan fingerprint density at radius 1 is 1.03 bits per heavy atom. The second kappa shape index (κ2) is 10.5. The molecule has 1 aliphatic carbocycles. The number of carbonyl (C=O) groups excluding carboxylic acids is 2. The Bertz CT molecular complexity index is 1050. The number of hydrogen-bond donors (Lipinski definition) is 2. The number of hydrogen-bond acceptors (Lipinski definition) is 4. The van der Waals surface area contributed by atoms with Crippen LogP contribution in [-0.2, 0) is 14.3 Å². The maximum absolute atomic E-state index is 13.1. The molecule has 1 fully saturated rings. The van der Waals surface area contributed by atoms with Crippen LogP contribution in [0.1, 0.15) is 50.7 Å². The van der Waals surface area contributed by atoms with Crippen LogP contribution in [0.25, 0.3) is 11.1 Å². The molecule has 35 heavy (non-hydrogen) atoms. The standard InChI is InChI=1S/C28H34N2O5/c1-4-17(2)13-25(26(31)30-14-19(15-30)18(3)27(32)33)29-28(34)35-16-24-22-11-7-5-9-20(22)21-10-6-8-12-23(21)24/h5-12,17-19,24-25H,4,13-16H2,1-3H3,(H,29,34)(H,32,33). The molecule has 3 atom stereocenters. The predicted octanol–water partition coefficient (Wildman–Crippen LogP) is 4.51. The summed E-state index contributed by atoms with van der Waals surface area (Å²) in [6, 6.07) is 15.6. The fourth-order valence-corrected chi connectivity index (χ4v) is 5.00. The summed E-state index contributed by atoms with van der Waals surface area (Å²) in [5.41, 5.74) is 4.58. The van der Waals surface area contributed by atoms with Crippen molar-refractivity contribution >= 4 is 18.0 Å². The monoisotopic (exact) mass is 478 g/mol. The van der Waals surface area contributed by atoms with Crippen LogP contribution >= 0.6 is 0 Å². The minimum atomic E-state index is -0.852. The van der Waals surface area contributed by atoms with Gasteiger partial charge in [0.25, 0.3) is 0 Å². The van der Waals surface area contributed by atoms with Crippen LogP contribution in [0, 0.1) is 17.8 Å². The molecule has 0 radical (unpaired) electrons. The quantitative estimate of drug-likeness (QED) is 0.553. The van der Waals surface area contributed by atoms with Gasteiger partial charge in [-0.25, -0.2) is 4.79 Å². The predicted molar refractivity (Wildman–Crippen MR) is 133 cm³/mol. The molecule has 3 unspecified atom stereocenters. The molecule has 4 rings (SSSR count). The summed E-state index contributed by atoms with van der Waals surface area (Å²) in [6.07, 6.45) is 0.786. The third-order valence-corrected chi connectivity index (χ3v) is 7.59. The van der Waals surface area contributed by atoms with Gasteiger partial charge in [-0.15, -0.1) is 0 Å². The molecular weight excluding hydrogens is 444 g/mol. The van der Waals surface area contributed by atoms with E-state index >= 15 is 0 Å². The van der Waals surface area contributed by atoms with Crippen molar-refractivity contribution in [3.8, 4) is 11.1 Å². The molecule has 7 heteroatoms. The highest BCUT2D eigenvalue weighted by Crippen LogP contribution is 2.44. The van der Waals surface area contributed by atoms with E-state index in [1.165, 1.54) is 0 Å². The smallest absolute Gasteiger partial charge is 0.407 e. The van der Waals surface area contributed by atoms with Crippen molar-refractivity contribution in [1.29, 1.82) is 0 Å². The number of rotatable bonds is 9. The number of ether oxygens (including phenoxy) is 1. The number of carboxylic acid groups (broad SMARTS) is 1. The Kier molecular flexibility index (Phi) is 7.43. The van der Waals surface area contributed by atoms with E-state index in [1.807, 2.05) is 38.1 Å². The third kappa shape index (κ3) is 5.19. The Morgan fingerprint density at radius 2 is 1.60 bits per heavy atom. The second-order valence-electron chi connectivity index (χ2n) is 9.90. The number of carboxylic acids is 1. The summed E-state index contributed by atoms with van der Waals surface area (Å²) in [4.78, 5) is 38.8. The molecule has 1 saturated heterocycles. The van der Waals surface area contributed by atoms with Crippen molar-refractivity contribution < 1.29 is 24.2 Å². The van der Waals surface area contributed by atoms with Crippen LogP contribution in [0.3, 0.4) is 0 Å². The average Bonchev–Trinajstić information content (AvgIpc) is 3.14. The Labute approximate surface area is 206 Å². The molecule has 0 spiro atoms. The number of carbonyl (C=O) groups is 3. The normalized spacial score (nSPS) is 17.5. The van der Waals surface area contributed by atoms with Gasteiger partial charge in [0.05, 0.1) is 5.92 Å². The lowest BCUT2D eigenvalue weighted by Gasteiger charge is -2.43. The van der Waals surface area contributed by atoms with E-state index in [-0.39, 0.29) is 30.3 Å². The summed E-state index contributed by atoms with van der Waals surface area (Å²) in [5, 5.41) is 12.0. The van der Waals surface area contributed by atoms with Crippen LogP contribution in [-0.4, -0.2) is 53.7 Å². The summed E-state index contributed by atoms with van der Waals surface area (Å²) in [7, 11) is 0. The van der Waals surface area contributed by atoms with E-state index in [4.69, 9.17) is 4.74 Å². The summed E-state index contributed by atoms with van der Waals surface area (Å²) in [5.74, 6) is -1.39. The van der Waals surface area contributed by atoms with Crippen LogP contribution in [0.4, 0.5) is 4.79 Å². The van der Waals surface area contributed by atoms with E-state index in [0.717, 1.165) is 28.7 Å². The fraction of sp³-hybridized carbons (Fsp3) is 0.464. The van der Waals surface area contributed by atoms with Crippen molar-refractivity contribution in [3.05, 3.63) is 59.7 Å². The fourth-order valence-electron chi connectivity index (χ4n) is 5.00. The molecule has 0 bridgehead atoms. The molecule has 186 valence electrons. The van der Waals surface area contributed by atoms with E-state index < -0.39 is 24.0 Å². The topological polar surface area (TPSA) is 95.9 Å². The first-order valence-electron chi connectivity index (χ1n) is 12.4. The van der Waals surface area contributed by atoms with Gasteiger partial charge in [-0.2, -0.15) is 0 Å². The SMILES string of the molecule is CCC(C)CC(NC(=O)OCC1c2ccccc2-c2ccccc21)C(=O)N1CC(C(C)C(=O)O)C1. The first kappa shape index (κ1) is 24.8. The molecule has 0 aromatic heterocycles. The lowest BCUT2D eigenvalue weighted by atomic mass is 9.86. The van der Waals surface area contributed by atoms with E-state index in [2.05, 4.69) is 29.6 Å². The van der Waals surface area contributed by atoms with Crippen molar-refractivity contribution in [1.82, 2.24) is 10.2 Å². The van der Waals surface area contributed by atoms with Crippen LogP contribution in [0.15, 0.2) is 48.5 Å². The van der Waals surface area contributed by atoms with Crippen LogP contribution < -0.4 is 5.32 Å². The third-order valence-electron chi connectivity index (χ3n) is 7.59. The van der Waals surface area contributed by atoms with Crippen molar-refractivity contribution in [3.63, 3.8) is 0 Å². The second-order valence-corrected chi connectivity index (χ2v) is 9.90. The van der Waals surface area contributed by atoms with Crippen LogP contribution in [0.2, 0.25) is 0 Å². The number of fused-ring (bicyclic) bond motifs is 3. The number of amides is 2. The van der Waals surface area contributed by atoms with Gasteiger partial charge in [0, 0.05) is 24.9 Å². The first-order valence-corrected chi connectivity index (χ1v) is 12.4. The molecule has 2 N–H and O–H groups in total. The Morgan fingerprint density at radius 3 is 2.14 bits per heavy atom. The number of likely N-dealkylation sites (tertiary alicyclic amines) is 1. The van der Waals surface area contributed by atoms with Gasteiger partial charge in [0.1, 0.15) is 12.6 Å². The van der Waals surface area contributed by atoms with Gasteiger partial charge >= 0.3 is 12.1 Å². The van der Waals surface area contributed by atoms with Gasteiger partial charge in [0.15, 0.2) is 0 Å². The molecule has 2 amide bonds. The number of nitrogens with zero attached hydrogens (tertiary/aromatic N) is 1. The molecule has 0 saturated carbocycles. The number of nitrogens with one attached hydrogen (secondary N) is 1. The minimum absolute atomic E-state index is 0.0505. The zero-order chi connectivity index (χ0) is 25.1. The highest BCUT2D eigenvalue weighted by atomic mass is 16.5. The number of benzene rings is 2. The van der Waals surface area contributed by atoms with Crippen LogP contribution in [0.5, 0.6) is 0 Å². The van der Waals surface area contributed by atoms with Crippen molar-refractivity contribution in [2.45, 2.75) is 45.6 Å². The van der Waals surface area contributed by atoms with Gasteiger partial charge in [-0.05, 0) is 34.6 Å². The van der Waals surface area contributed by atoms with Crippen molar-refractivity contribution in [2.24, 2.45) is 17.8 Å². The Balaban J connectivity index is 1.39. The average molecular weight is 479 g/mol. The lowest BCUT2D eigenvalue weighted by Crippen LogP contribution is -2.59. The molecule has 1 heterocycles. The maximum Gasteiger partial charge on any atom is 0.407 e.